The molecule has 1 aromatic carbocycles. The maximum Gasteiger partial charge on any atom is 0.185 e. The highest BCUT2D eigenvalue weighted by Gasteiger charge is 2.13. The molecule has 1 aromatic heterocycles. The van der Waals surface area contributed by atoms with Crippen LogP contribution in [0.2, 0.25) is 0 Å². The van der Waals surface area contributed by atoms with Crippen LogP contribution in [0.1, 0.15) is 24.3 Å². The number of aromatic nitrogens is 1. The van der Waals surface area contributed by atoms with Gasteiger partial charge in [-0.3, -0.25) is 4.98 Å². The van der Waals surface area contributed by atoms with Crippen LogP contribution < -0.4 is 14.2 Å². The second-order valence-corrected chi connectivity index (χ2v) is 4.50. The fraction of sp³-hybridized carbons (Fsp3) is 0.312. The smallest absolute Gasteiger partial charge is 0.185 e. The van der Waals surface area contributed by atoms with Crippen molar-refractivity contribution in [1.29, 1.82) is 0 Å². The Hall–Kier alpha value is -2.27. The number of pyridine rings is 1. The van der Waals surface area contributed by atoms with Crippen LogP contribution in [0.5, 0.6) is 17.2 Å². The molecule has 21 heavy (non-hydrogen) atoms. The van der Waals surface area contributed by atoms with Crippen LogP contribution in [0.15, 0.2) is 36.5 Å². The van der Waals surface area contributed by atoms with E-state index in [4.69, 9.17) is 14.2 Å². The molecule has 0 aliphatic carbocycles. The normalized spacial score (nSPS) is 11.8. The lowest BCUT2D eigenvalue weighted by Gasteiger charge is -2.15. The third kappa shape index (κ3) is 3.44. The van der Waals surface area contributed by atoms with Gasteiger partial charge in [-0.2, -0.15) is 0 Å². The van der Waals surface area contributed by atoms with E-state index in [9.17, 15) is 5.11 Å². The fourth-order valence-corrected chi connectivity index (χ4v) is 2.06. The van der Waals surface area contributed by atoms with Crippen molar-refractivity contribution >= 4 is 0 Å². The van der Waals surface area contributed by atoms with E-state index in [0.717, 1.165) is 5.56 Å². The van der Waals surface area contributed by atoms with Gasteiger partial charge in [0.05, 0.1) is 20.3 Å². The van der Waals surface area contributed by atoms with Crippen LogP contribution in [0.3, 0.4) is 0 Å². The number of hydrogen-bond donors (Lipinski definition) is 1. The van der Waals surface area contributed by atoms with Crippen LogP contribution in [0.25, 0.3) is 0 Å². The van der Waals surface area contributed by atoms with E-state index >= 15 is 0 Å². The molecule has 2 rings (SSSR count). The predicted molar refractivity (Wildman–Crippen MR) is 78.7 cm³/mol. The van der Waals surface area contributed by atoms with Gasteiger partial charge in [-0.1, -0.05) is 18.2 Å². The molecule has 0 fully saturated rings. The first kappa shape index (κ1) is 15.1. The predicted octanol–water partition coefficient (Wildman–Crippen LogP) is 2.73. The van der Waals surface area contributed by atoms with Crippen LogP contribution in [-0.4, -0.2) is 24.3 Å². The number of para-hydroxylation sites is 1. The molecule has 0 amide bonds. The van der Waals surface area contributed by atoms with Crippen LogP contribution >= 0.6 is 0 Å². The molecule has 0 aliphatic heterocycles. The van der Waals surface area contributed by atoms with E-state index in [1.54, 1.807) is 33.4 Å². The summed E-state index contributed by atoms with van der Waals surface area (Å²) in [6.07, 6.45) is 1.04. The SMILES string of the molecule is COc1ccnc(COc2ccccc2C(C)O)c1OC. The van der Waals surface area contributed by atoms with Gasteiger partial charge in [-0.05, 0) is 13.0 Å². The number of benzene rings is 1. The van der Waals surface area contributed by atoms with E-state index in [-0.39, 0.29) is 6.61 Å². The zero-order chi connectivity index (χ0) is 15.2. The van der Waals surface area contributed by atoms with Gasteiger partial charge in [0.25, 0.3) is 0 Å². The molecular weight excluding hydrogens is 270 g/mol. The third-order valence-corrected chi connectivity index (χ3v) is 3.10. The molecule has 0 saturated heterocycles. The second-order valence-electron chi connectivity index (χ2n) is 4.50. The highest BCUT2D eigenvalue weighted by atomic mass is 16.5. The third-order valence-electron chi connectivity index (χ3n) is 3.10. The van der Waals surface area contributed by atoms with Gasteiger partial charge in [0.1, 0.15) is 18.1 Å². The molecule has 0 aliphatic rings. The minimum atomic E-state index is -0.596. The summed E-state index contributed by atoms with van der Waals surface area (Å²) in [5, 5.41) is 9.74. The van der Waals surface area contributed by atoms with Gasteiger partial charge in [-0.25, -0.2) is 0 Å². The zero-order valence-corrected chi connectivity index (χ0v) is 12.4. The van der Waals surface area contributed by atoms with E-state index in [1.807, 2.05) is 24.3 Å². The molecule has 0 spiro atoms. The summed E-state index contributed by atoms with van der Waals surface area (Å²) in [6, 6.07) is 9.09. The largest absolute Gasteiger partial charge is 0.493 e. The molecule has 1 atom stereocenters. The lowest BCUT2D eigenvalue weighted by atomic mass is 10.1. The fourth-order valence-electron chi connectivity index (χ4n) is 2.06. The van der Waals surface area contributed by atoms with Gasteiger partial charge in [0.15, 0.2) is 11.5 Å². The Morgan fingerprint density at radius 1 is 1.10 bits per heavy atom. The Labute approximate surface area is 124 Å². The number of aliphatic hydroxyl groups excluding tert-OH is 1. The molecule has 1 unspecified atom stereocenters. The molecular formula is C16H19NO4. The average molecular weight is 289 g/mol. The maximum atomic E-state index is 9.74. The minimum Gasteiger partial charge on any atom is -0.493 e. The average Bonchev–Trinajstić information content (AvgIpc) is 2.52. The number of methoxy groups -OCH3 is 2. The van der Waals surface area contributed by atoms with Crippen LogP contribution in [0, 0.1) is 0 Å². The Morgan fingerprint density at radius 3 is 2.52 bits per heavy atom. The van der Waals surface area contributed by atoms with Crippen molar-refractivity contribution in [1.82, 2.24) is 4.98 Å². The summed E-state index contributed by atoms with van der Waals surface area (Å²) >= 11 is 0. The summed E-state index contributed by atoms with van der Waals surface area (Å²) < 4.78 is 16.3. The van der Waals surface area contributed by atoms with Gasteiger partial charge in [0, 0.05) is 17.8 Å². The first-order chi connectivity index (χ1) is 10.2. The lowest BCUT2D eigenvalue weighted by Crippen LogP contribution is -2.05. The van der Waals surface area contributed by atoms with E-state index < -0.39 is 6.10 Å². The molecule has 112 valence electrons. The van der Waals surface area contributed by atoms with Gasteiger partial charge in [0.2, 0.25) is 0 Å². The van der Waals surface area contributed by atoms with Crippen molar-refractivity contribution < 1.29 is 19.3 Å². The van der Waals surface area contributed by atoms with Crippen molar-refractivity contribution in [2.24, 2.45) is 0 Å². The Balaban J connectivity index is 2.21. The molecule has 5 nitrogen and oxygen atoms in total. The molecule has 2 aromatic rings. The summed E-state index contributed by atoms with van der Waals surface area (Å²) in [6.45, 7) is 1.93. The Bertz CT molecular complexity index is 599. The summed E-state index contributed by atoms with van der Waals surface area (Å²) in [5.41, 5.74) is 1.37. The lowest BCUT2D eigenvalue weighted by molar-refractivity contribution is 0.189. The van der Waals surface area contributed by atoms with Gasteiger partial charge < -0.3 is 19.3 Å². The number of nitrogens with zero attached hydrogens (tertiary/aromatic N) is 1. The summed E-state index contributed by atoms with van der Waals surface area (Å²) in [4.78, 5) is 4.26. The molecule has 1 N–H and O–H groups in total. The number of rotatable bonds is 6. The molecule has 0 radical (unpaired) electrons. The number of aliphatic hydroxyl groups is 1. The molecule has 1 heterocycles. The maximum absolute atomic E-state index is 9.74. The standard InChI is InChI=1S/C16H19NO4/c1-11(18)12-6-4-5-7-14(12)21-10-13-16(20-3)15(19-2)8-9-17-13/h4-9,11,18H,10H2,1-3H3. The van der Waals surface area contributed by atoms with E-state index in [2.05, 4.69) is 4.98 Å². The highest BCUT2D eigenvalue weighted by Crippen LogP contribution is 2.31. The molecule has 0 saturated carbocycles. The van der Waals surface area contributed by atoms with Crippen molar-refractivity contribution in [2.45, 2.75) is 19.6 Å². The second kappa shape index (κ2) is 6.95. The van der Waals surface area contributed by atoms with Gasteiger partial charge >= 0.3 is 0 Å². The van der Waals surface area contributed by atoms with Crippen molar-refractivity contribution in [2.75, 3.05) is 14.2 Å². The topological polar surface area (TPSA) is 60.8 Å². The Morgan fingerprint density at radius 2 is 1.86 bits per heavy atom. The quantitative estimate of drug-likeness (QED) is 0.886. The monoisotopic (exact) mass is 289 g/mol. The summed E-state index contributed by atoms with van der Waals surface area (Å²) in [5.74, 6) is 1.78. The van der Waals surface area contributed by atoms with Crippen molar-refractivity contribution in [3.8, 4) is 17.2 Å². The number of hydrogen-bond acceptors (Lipinski definition) is 5. The minimum absolute atomic E-state index is 0.226. The molecule has 5 heteroatoms. The summed E-state index contributed by atoms with van der Waals surface area (Å²) in [7, 11) is 3.14. The first-order valence-corrected chi connectivity index (χ1v) is 6.63. The van der Waals surface area contributed by atoms with Crippen LogP contribution in [0.4, 0.5) is 0 Å². The highest BCUT2D eigenvalue weighted by molar-refractivity contribution is 5.43. The number of ether oxygens (including phenoxy) is 3. The molecule has 0 bridgehead atoms. The first-order valence-electron chi connectivity index (χ1n) is 6.63. The van der Waals surface area contributed by atoms with E-state index in [0.29, 0.717) is 22.9 Å². The Kier molecular flexibility index (Phi) is 5.00. The zero-order valence-electron chi connectivity index (χ0n) is 12.4. The van der Waals surface area contributed by atoms with Gasteiger partial charge in [-0.15, -0.1) is 0 Å². The van der Waals surface area contributed by atoms with E-state index in [1.165, 1.54) is 0 Å². The van der Waals surface area contributed by atoms with Crippen LogP contribution in [-0.2, 0) is 6.61 Å². The van der Waals surface area contributed by atoms with Crippen molar-refractivity contribution in [3.63, 3.8) is 0 Å². The van der Waals surface area contributed by atoms with Crippen molar-refractivity contribution in [3.05, 3.63) is 47.8 Å².